The van der Waals surface area contributed by atoms with Gasteiger partial charge in [0.1, 0.15) is 11.5 Å². The molecule has 10 heteroatoms. The minimum atomic E-state index is -2.89. The number of rotatable bonds is 9. The molecule has 7 nitrogen and oxygen atoms in total. The summed E-state index contributed by atoms with van der Waals surface area (Å²) in [6, 6.07) is 13.3. The summed E-state index contributed by atoms with van der Waals surface area (Å²) in [4.78, 5) is 12.3. The molecule has 0 aliphatic carbocycles. The van der Waals surface area contributed by atoms with E-state index < -0.39 is 6.61 Å². The molecule has 0 atom stereocenters. The standard InChI is InChI=1S/C21H22F2N4O3S/c1-13(2)27-19(14-4-8-16(29-3)9-5-14)25-26-21(27)31-12-18(28)24-15-6-10-17(11-7-15)30-20(22)23/h4-11,13,20H,12H2,1-3H3,(H,24,28). The molecule has 0 unspecified atom stereocenters. The van der Waals surface area contributed by atoms with Crippen LogP contribution in [0.25, 0.3) is 11.4 Å². The molecular weight excluding hydrogens is 426 g/mol. The van der Waals surface area contributed by atoms with E-state index in [9.17, 15) is 13.6 Å². The highest BCUT2D eigenvalue weighted by molar-refractivity contribution is 7.99. The van der Waals surface area contributed by atoms with Crippen molar-refractivity contribution in [2.24, 2.45) is 0 Å². The molecule has 1 aromatic heterocycles. The Kier molecular flexibility index (Phi) is 7.45. The normalized spacial score (nSPS) is 11.1. The average Bonchev–Trinajstić information content (AvgIpc) is 3.18. The molecule has 0 fully saturated rings. The summed E-state index contributed by atoms with van der Waals surface area (Å²) in [6.45, 7) is 1.14. The van der Waals surface area contributed by atoms with Crippen LogP contribution in [0.5, 0.6) is 11.5 Å². The van der Waals surface area contributed by atoms with E-state index in [0.29, 0.717) is 16.7 Å². The van der Waals surface area contributed by atoms with Gasteiger partial charge in [-0.25, -0.2) is 0 Å². The van der Waals surface area contributed by atoms with E-state index in [4.69, 9.17) is 4.74 Å². The van der Waals surface area contributed by atoms with Crippen molar-refractivity contribution in [2.75, 3.05) is 18.2 Å². The van der Waals surface area contributed by atoms with E-state index in [1.165, 1.54) is 36.0 Å². The van der Waals surface area contributed by atoms with Gasteiger partial charge in [0, 0.05) is 17.3 Å². The highest BCUT2D eigenvalue weighted by Crippen LogP contribution is 2.29. The van der Waals surface area contributed by atoms with Gasteiger partial charge in [-0.15, -0.1) is 10.2 Å². The van der Waals surface area contributed by atoms with Crippen molar-refractivity contribution in [3.05, 3.63) is 48.5 Å². The number of nitrogens with one attached hydrogen (secondary N) is 1. The Morgan fingerprint density at radius 2 is 1.71 bits per heavy atom. The Balaban J connectivity index is 1.65. The van der Waals surface area contributed by atoms with Gasteiger partial charge < -0.3 is 14.8 Å². The van der Waals surface area contributed by atoms with Crippen LogP contribution in [0.3, 0.4) is 0 Å². The summed E-state index contributed by atoms with van der Waals surface area (Å²) in [5, 5.41) is 11.9. The van der Waals surface area contributed by atoms with Gasteiger partial charge in [0.2, 0.25) is 5.91 Å². The molecule has 1 heterocycles. The maximum Gasteiger partial charge on any atom is 0.387 e. The fourth-order valence-electron chi connectivity index (χ4n) is 2.82. The van der Waals surface area contributed by atoms with Gasteiger partial charge in [0.15, 0.2) is 11.0 Å². The second-order valence-electron chi connectivity index (χ2n) is 6.74. The monoisotopic (exact) mass is 448 g/mol. The van der Waals surface area contributed by atoms with Crippen LogP contribution >= 0.6 is 11.8 Å². The van der Waals surface area contributed by atoms with E-state index in [2.05, 4.69) is 20.3 Å². The molecule has 0 saturated heterocycles. The summed E-state index contributed by atoms with van der Waals surface area (Å²) in [5.74, 6) is 1.34. The van der Waals surface area contributed by atoms with Crippen molar-refractivity contribution >= 4 is 23.4 Å². The number of thioether (sulfide) groups is 1. The lowest BCUT2D eigenvalue weighted by Crippen LogP contribution is -2.15. The van der Waals surface area contributed by atoms with Crippen LogP contribution in [-0.4, -0.2) is 40.1 Å². The van der Waals surface area contributed by atoms with Gasteiger partial charge in [0.25, 0.3) is 0 Å². The molecule has 164 valence electrons. The zero-order valence-electron chi connectivity index (χ0n) is 17.2. The molecule has 0 bridgehead atoms. The maximum absolute atomic E-state index is 12.3. The van der Waals surface area contributed by atoms with Crippen molar-refractivity contribution in [1.29, 1.82) is 0 Å². The van der Waals surface area contributed by atoms with Gasteiger partial charge in [-0.1, -0.05) is 11.8 Å². The number of aromatic nitrogens is 3. The first-order chi connectivity index (χ1) is 14.9. The fraction of sp³-hybridized carbons (Fsp3) is 0.286. The van der Waals surface area contributed by atoms with Crippen molar-refractivity contribution in [3.8, 4) is 22.9 Å². The Morgan fingerprint density at radius 3 is 2.29 bits per heavy atom. The first kappa shape index (κ1) is 22.5. The van der Waals surface area contributed by atoms with Crippen LogP contribution in [0.1, 0.15) is 19.9 Å². The average molecular weight is 448 g/mol. The molecule has 3 aromatic rings. The summed E-state index contributed by atoms with van der Waals surface area (Å²) >= 11 is 1.27. The van der Waals surface area contributed by atoms with Crippen LogP contribution in [0, 0.1) is 0 Å². The first-order valence-electron chi connectivity index (χ1n) is 9.44. The lowest BCUT2D eigenvalue weighted by atomic mass is 10.2. The predicted molar refractivity (Wildman–Crippen MR) is 115 cm³/mol. The fourth-order valence-corrected chi connectivity index (χ4v) is 3.69. The number of methoxy groups -OCH3 is 1. The zero-order chi connectivity index (χ0) is 22.4. The number of nitrogens with zero attached hydrogens (tertiary/aromatic N) is 3. The highest BCUT2D eigenvalue weighted by atomic mass is 32.2. The molecule has 31 heavy (non-hydrogen) atoms. The van der Waals surface area contributed by atoms with Crippen LogP contribution in [0.15, 0.2) is 53.7 Å². The Bertz CT molecular complexity index is 1010. The lowest BCUT2D eigenvalue weighted by Gasteiger charge is -2.14. The molecule has 2 aromatic carbocycles. The van der Waals surface area contributed by atoms with Gasteiger partial charge in [-0.05, 0) is 62.4 Å². The smallest absolute Gasteiger partial charge is 0.387 e. The highest BCUT2D eigenvalue weighted by Gasteiger charge is 2.18. The third-order valence-electron chi connectivity index (χ3n) is 4.22. The molecule has 0 saturated carbocycles. The van der Waals surface area contributed by atoms with Crippen LogP contribution in [0.2, 0.25) is 0 Å². The summed E-state index contributed by atoms with van der Waals surface area (Å²) < 4.78 is 35.9. The molecule has 0 aliphatic rings. The van der Waals surface area contributed by atoms with E-state index in [-0.39, 0.29) is 23.5 Å². The van der Waals surface area contributed by atoms with Gasteiger partial charge in [-0.3, -0.25) is 9.36 Å². The molecule has 1 N–H and O–H groups in total. The minimum Gasteiger partial charge on any atom is -0.497 e. The number of hydrogen-bond donors (Lipinski definition) is 1. The van der Waals surface area contributed by atoms with Crippen LogP contribution in [0.4, 0.5) is 14.5 Å². The van der Waals surface area contributed by atoms with E-state index in [1.54, 1.807) is 7.11 Å². The summed E-state index contributed by atoms with van der Waals surface area (Å²) in [5.41, 5.74) is 1.38. The second-order valence-corrected chi connectivity index (χ2v) is 7.68. The molecule has 1 amide bonds. The quantitative estimate of drug-likeness (QED) is 0.471. The third kappa shape index (κ3) is 5.94. The van der Waals surface area contributed by atoms with Crippen molar-refractivity contribution < 1.29 is 23.0 Å². The minimum absolute atomic E-state index is 0.0264. The number of hydrogen-bond acceptors (Lipinski definition) is 6. The molecule has 0 aliphatic heterocycles. The topological polar surface area (TPSA) is 78.3 Å². The molecule has 3 rings (SSSR count). The van der Waals surface area contributed by atoms with Crippen molar-refractivity contribution in [2.45, 2.75) is 31.7 Å². The van der Waals surface area contributed by atoms with Crippen LogP contribution < -0.4 is 14.8 Å². The lowest BCUT2D eigenvalue weighted by molar-refractivity contribution is -0.113. The van der Waals surface area contributed by atoms with Gasteiger partial charge in [-0.2, -0.15) is 8.78 Å². The summed E-state index contributed by atoms with van der Waals surface area (Å²) in [7, 11) is 1.61. The Hall–Kier alpha value is -3.14. The molecule has 0 radical (unpaired) electrons. The van der Waals surface area contributed by atoms with Crippen LogP contribution in [-0.2, 0) is 4.79 Å². The first-order valence-corrected chi connectivity index (χ1v) is 10.4. The zero-order valence-corrected chi connectivity index (χ0v) is 18.0. The number of amides is 1. The Labute approximate surface area is 182 Å². The molecular formula is C21H22F2N4O3S. The number of ether oxygens (including phenoxy) is 2. The van der Waals surface area contributed by atoms with Gasteiger partial charge in [0.05, 0.1) is 12.9 Å². The third-order valence-corrected chi connectivity index (χ3v) is 5.17. The number of alkyl halides is 2. The Morgan fingerprint density at radius 1 is 1.06 bits per heavy atom. The number of carbonyl (C=O) groups excluding carboxylic acids is 1. The molecule has 0 spiro atoms. The summed E-state index contributed by atoms with van der Waals surface area (Å²) in [6.07, 6.45) is 0. The number of halogens is 2. The van der Waals surface area contributed by atoms with Gasteiger partial charge >= 0.3 is 6.61 Å². The van der Waals surface area contributed by atoms with Crippen molar-refractivity contribution in [3.63, 3.8) is 0 Å². The second kappa shape index (κ2) is 10.3. The predicted octanol–water partition coefficient (Wildman–Crippen LogP) is 4.87. The number of carbonyl (C=O) groups is 1. The van der Waals surface area contributed by atoms with Crippen molar-refractivity contribution in [1.82, 2.24) is 14.8 Å². The largest absolute Gasteiger partial charge is 0.497 e. The van der Waals surface area contributed by atoms with E-state index >= 15 is 0 Å². The van der Waals surface area contributed by atoms with E-state index in [0.717, 1.165) is 11.3 Å². The number of anilines is 1. The SMILES string of the molecule is COc1ccc(-c2nnc(SCC(=O)Nc3ccc(OC(F)F)cc3)n2C(C)C)cc1. The van der Waals surface area contributed by atoms with E-state index in [1.807, 2.05) is 42.7 Å². The maximum atomic E-state index is 12.3. The number of benzene rings is 2.